The number of aryl methyl sites for hydroxylation is 1. The molecule has 0 aliphatic rings. The maximum atomic E-state index is 12.5. The summed E-state index contributed by atoms with van der Waals surface area (Å²) in [6.07, 6.45) is 5.08. The van der Waals surface area contributed by atoms with Crippen LogP contribution < -0.4 is 5.32 Å². The van der Waals surface area contributed by atoms with Crippen LogP contribution in [0.5, 0.6) is 0 Å². The number of nitrogens with zero attached hydrogens (tertiary/aromatic N) is 3. The molecule has 2 aromatic heterocycles. The predicted octanol–water partition coefficient (Wildman–Crippen LogP) is 4.69. The van der Waals surface area contributed by atoms with E-state index in [0.29, 0.717) is 10.7 Å². The van der Waals surface area contributed by atoms with Gasteiger partial charge in [0.1, 0.15) is 11.6 Å². The molecule has 0 unspecified atom stereocenters. The van der Waals surface area contributed by atoms with Crippen molar-refractivity contribution in [2.45, 2.75) is 13.8 Å². The molecule has 134 valence electrons. The molecule has 1 aromatic carbocycles. The lowest BCUT2D eigenvalue weighted by Gasteiger charge is -2.08. The van der Waals surface area contributed by atoms with Crippen LogP contribution in [-0.2, 0) is 4.79 Å². The molecule has 0 fully saturated rings. The van der Waals surface area contributed by atoms with Gasteiger partial charge in [-0.3, -0.25) is 9.78 Å². The van der Waals surface area contributed by atoms with Gasteiger partial charge in [-0.1, -0.05) is 11.6 Å². The zero-order valence-corrected chi connectivity index (χ0v) is 15.7. The molecule has 0 saturated carbocycles. The summed E-state index contributed by atoms with van der Waals surface area (Å²) < 4.78 is 2.03. The molecule has 3 rings (SSSR count). The SMILES string of the molecule is Cc1cc(C=C(C#N)C(=O)Nc2ccc(Cl)cc2)c(C)n1-c1cccnc1. The normalized spacial score (nSPS) is 11.1. The van der Waals surface area contributed by atoms with E-state index in [1.54, 1.807) is 42.7 Å². The van der Waals surface area contributed by atoms with Crippen molar-refractivity contribution >= 4 is 29.3 Å². The number of amides is 1. The quantitative estimate of drug-likeness (QED) is 0.530. The number of benzene rings is 1. The van der Waals surface area contributed by atoms with Crippen molar-refractivity contribution in [3.8, 4) is 11.8 Å². The lowest BCUT2D eigenvalue weighted by molar-refractivity contribution is -0.112. The van der Waals surface area contributed by atoms with Gasteiger partial charge in [0.15, 0.2) is 0 Å². The fourth-order valence-electron chi connectivity index (χ4n) is 2.85. The van der Waals surface area contributed by atoms with Gasteiger partial charge in [0.2, 0.25) is 0 Å². The Morgan fingerprint density at radius 1 is 1.26 bits per heavy atom. The molecule has 0 aliphatic carbocycles. The largest absolute Gasteiger partial charge is 0.321 e. The number of anilines is 1. The zero-order chi connectivity index (χ0) is 19.4. The number of halogens is 1. The van der Waals surface area contributed by atoms with Crippen LogP contribution in [0.15, 0.2) is 60.4 Å². The number of hydrogen-bond acceptors (Lipinski definition) is 3. The smallest absolute Gasteiger partial charge is 0.266 e. The number of hydrogen-bond donors (Lipinski definition) is 1. The second-order valence-corrected chi connectivity index (χ2v) is 6.44. The number of aromatic nitrogens is 2. The van der Waals surface area contributed by atoms with E-state index >= 15 is 0 Å². The minimum Gasteiger partial charge on any atom is -0.321 e. The first-order chi connectivity index (χ1) is 13.0. The lowest BCUT2D eigenvalue weighted by atomic mass is 10.1. The van der Waals surface area contributed by atoms with Crippen molar-refractivity contribution in [1.82, 2.24) is 9.55 Å². The molecule has 6 heteroatoms. The van der Waals surface area contributed by atoms with E-state index in [1.807, 2.05) is 42.7 Å². The molecular weight excluding hydrogens is 360 g/mol. The van der Waals surface area contributed by atoms with Crippen LogP contribution in [0.2, 0.25) is 5.02 Å². The molecule has 1 amide bonds. The molecule has 0 aliphatic heterocycles. The Kier molecular flexibility index (Phi) is 5.39. The maximum Gasteiger partial charge on any atom is 0.266 e. The third-order valence-corrected chi connectivity index (χ3v) is 4.39. The zero-order valence-electron chi connectivity index (χ0n) is 14.9. The first-order valence-corrected chi connectivity index (χ1v) is 8.65. The topological polar surface area (TPSA) is 70.7 Å². The summed E-state index contributed by atoms with van der Waals surface area (Å²) in [7, 11) is 0. The Balaban J connectivity index is 1.91. The van der Waals surface area contributed by atoms with Gasteiger partial charge >= 0.3 is 0 Å². The molecule has 2 heterocycles. The van der Waals surface area contributed by atoms with Gasteiger partial charge < -0.3 is 9.88 Å². The van der Waals surface area contributed by atoms with Crippen molar-refractivity contribution in [3.63, 3.8) is 0 Å². The van der Waals surface area contributed by atoms with Gasteiger partial charge in [0.25, 0.3) is 5.91 Å². The fourth-order valence-corrected chi connectivity index (χ4v) is 2.98. The average molecular weight is 377 g/mol. The lowest BCUT2D eigenvalue weighted by Crippen LogP contribution is -2.13. The first-order valence-electron chi connectivity index (χ1n) is 8.27. The second-order valence-electron chi connectivity index (χ2n) is 6.00. The maximum absolute atomic E-state index is 12.5. The summed E-state index contributed by atoms with van der Waals surface area (Å²) in [6, 6.07) is 14.5. The predicted molar refractivity (Wildman–Crippen MR) is 107 cm³/mol. The van der Waals surface area contributed by atoms with E-state index in [4.69, 9.17) is 11.6 Å². The number of nitriles is 1. The van der Waals surface area contributed by atoms with Gasteiger partial charge in [0, 0.05) is 28.3 Å². The van der Waals surface area contributed by atoms with E-state index in [1.165, 1.54) is 0 Å². The van der Waals surface area contributed by atoms with Crippen molar-refractivity contribution in [3.05, 3.63) is 82.4 Å². The molecular formula is C21H17ClN4O. The molecule has 27 heavy (non-hydrogen) atoms. The summed E-state index contributed by atoms with van der Waals surface area (Å²) in [5.74, 6) is -0.467. The minimum atomic E-state index is -0.467. The molecule has 3 aromatic rings. The van der Waals surface area contributed by atoms with Crippen LogP contribution in [0.4, 0.5) is 5.69 Å². The van der Waals surface area contributed by atoms with E-state index in [2.05, 4.69) is 10.3 Å². The average Bonchev–Trinajstić information content (AvgIpc) is 2.95. The monoisotopic (exact) mass is 376 g/mol. The number of pyridine rings is 1. The highest BCUT2D eigenvalue weighted by Gasteiger charge is 2.14. The minimum absolute atomic E-state index is 0.0244. The van der Waals surface area contributed by atoms with E-state index in [-0.39, 0.29) is 5.57 Å². The Bertz CT molecular complexity index is 1040. The summed E-state index contributed by atoms with van der Waals surface area (Å²) in [5, 5.41) is 12.7. The Labute approximate surface area is 162 Å². The number of carbonyl (C=O) groups excluding carboxylic acids is 1. The number of carbonyl (C=O) groups is 1. The molecule has 1 N–H and O–H groups in total. The Hall–Kier alpha value is -3.36. The van der Waals surface area contributed by atoms with Crippen molar-refractivity contribution in [2.24, 2.45) is 0 Å². The van der Waals surface area contributed by atoms with Gasteiger partial charge in [-0.25, -0.2) is 0 Å². The Morgan fingerprint density at radius 3 is 2.63 bits per heavy atom. The van der Waals surface area contributed by atoms with Crippen LogP contribution in [0.25, 0.3) is 11.8 Å². The third kappa shape index (κ3) is 4.08. The summed E-state index contributed by atoms with van der Waals surface area (Å²) in [4.78, 5) is 16.6. The van der Waals surface area contributed by atoms with Crippen molar-refractivity contribution in [2.75, 3.05) is 5.32 Å². The third-order valence-electron chi connectivity index (χ3n) is 4.14. The fraction of sp³-hybridized carbons (Fsp3) is 0.0952. The summed E-state index contributed by atoms with van der Waals surface area (Å²) in [6.45, 7) is 3.91. The van der Waals surface area contributed by atoms with Crippen LogP contribution in [0.1, 0.15) is 17.0 Å². The van der Waals surface area contributed by atoms with E-state index in [9.17, 15) is 10.1 Å². The van der Waals surface area contributed by atoms with E-state index in [0.717, 1.165) is 22.6 Å². The summed E-state index contributed by atoms with van der Waals surface area (Å²) in [5.41, 5.74) is 4.24. The molecule has 0 saturated heterocycles. The Morgan fingerprint density at radius 2 is 2.00 bits per heavy atom. The first kappa shape index (κ1) is 18.4. The molecule has 0 radical (unpaired) electrons. The van der Waals surface area contributed by atoms with Crippen LogP contribution in [0, 0.1) is 25.2 Å². The standard InChI is InChI=1S/C21H17ClN4O/c1-14-10-16(15(2)26(14)20-4-3-9-24-13-20)11-17(12-23)21(27)25-19-7-5-18(22)6-8-19/h3-11,13H,1-2H3,(H,25,27). The van der Waals surface area contributed by atoms with Gasteiger partial charge in [-0.05, 0) is 68.0 Å². The van der Waals surface area contributed by atoms with Gasteiger partial charge in [-0.2, -0.15) is 5.26 Å². The molecule has 0 spiro atoms. The van der Waals surface area contributed by atoms with E-state index < -0.39 is 5.91 Å². The number of rotatable bonds is 4. The molecule has 0 bridgehead atoms. The van der Waals surface area contributed by atoms with Gasteiger partial charge in [-0.15, -0.1) is 0 Å². The molecule has 5 nitrogen and oxygen atoms in total. The van der Waals surface area contributed by atoms with Crippen LogP contribution >= 0.6 is 11.6 Å². The highest BCUT2D eigenvalue weighted by molar-refractivity contribution is 6.30. The highest BCUT2D eigenvalue weighted by atomic mass is 35.5. The van der Waals surface area contributed by atoms with Crippen molar-refractivity contribution in [1.29, 1.82) is 5.26 Å². The van der Waals surface area contributed by atoms with Gasteiger partial charge in [0.05, 0.1) is 11.9 Å². The second kappa shape index (κ2) is 7.90. The summed E-state index contributed by atoms with van der Waals surface area (Å²) >= 11 is 5.85. The number of nitrogens with one attached hydrogen (secondary N) is 1. The van der Waals surface area contributed by atoms with Crippen LogP contribution in [-0.4, -0.2) is 15.5 Å². The molecule has 0 atom stereocenters. The highest BCUT2D eigenvalue weighted by Crippen LogP contribution is 2.23. The van der Waals surface area contributed by atoms with Crippen molar-refractivity contribution < 1.29 is 4.79 Å². The van der Waals surface area contributed by atoms with Crippen LogP contribution in [0.3, 0.4) is 0 Å².